The molecule has 0 aliphatic rings. The van der Waals surface area contributed by atoms with Crippen LogP contribution in [0, 0.1) is 0 Å². The quantitative estimate of drug-likeness (QED) is 0.750. The fourth-order valence-corrected chi connectivity index (χ4v) is 3.03. The first-order valence-corrected chi connectivity index (χ1v) is 6.65. The molecule has 78 valence electrons. The molecule has 2 rings (SSSR count). The van der Waals surface area contributed by atoms with Crippen molar-refractivity contribution in [3.8, 4) is 0 Å². The molecule has 0 unspecified atom stereocenters. The highest BCUT2D eigenvalue weighted by Gasteiger charge is 2.12. The minimum absolute atomic E-state index is 0.0721. The topological polar surface area (TPSA) is 17.1 Å². The predicted molar refractivity (Wildman–Crippen MR) is 66.5 cm³/mol. The molecule has 4 heteroatoms. The molecule has 2 aromatic rings. The van der Waals surface area contributed by atoms with E-state index < -0.39 is 0 Å². The molecule has 0 spiro atoms. The van der Waals surface area contributed by atoms with Gasteiger partial charge in [0, 0.05) is 15.8 Å². The van der Waals surface area contributed by atoms with Gasteiger partial charge >= 0.3 is 0 Å². The van der Waals surface area contributed by atoms with E-state index in [1.165, 1.54) is 16.2 Å². The molecule has 0 aliphatic heterocycles. The van der Waals surface area contributed by atoms with Gasteiger partial charge in [0.1, 0.15) is 0 Å². The van der Waals surface area contributed by atoms with Crippen molar-refractivity contribution >= 4 is 40.1 Å². The maximum Gasteiger partial charge on any atom is 0.203 e. The Morgan fingerprint density at radius 3 is 2.80 bits per heavy atom. The normalized spacial score (nSPS) is 10.5. The van der Waals surface area contributed by atoms with Gasteiger partial charge in [0.05, 0.1) is 9.21 Å². The third-order valence-corrected chi connectivity index (χ3v) is 4.38. The highest BCUT2D eigenvalue weighted by molar-refractivity contribution is 7.15. The number of carbonyl (C=O) groups excluding carboxylic acids is 1. The van der Waals surface area contributed by atoms with Crippen LogP contribution in [-0.2, 0) is 6.42 Å². The SMILES string of the molecule is CCc1ccc(C(=O)c2csc(Cl)c2)s1. The molecule has 15 heavy (non-hydrogen) atoms. The Labute approximate surface area is 101 Å². The number of thiophene rings is 2. The lowest BCUT2D eigenvalue weighted by Gasteiger charge is -1.91. The number of rotatable bonds is 3. The van der Waals surface area contributed by atoms with E-state index in [-0.39, 0.29) is 5.78 Å². The van der Waals surface area contributed by atoms with Gasteiger partial charge in [-0.05, 0) is 24.6 Å². The molecule has 0 bridgehead atoms. The number of carbonyl (C=O) groups is 1. The van der Waals surface area contributed by atoms with Crippen molar-refractivity contribution in [3.05, 3.63) is 43.2 Å². The smallest absolute Gasteiger partial charge is 0.203 e. The molecular weight excluding hydrogens is 248 g/mol. The lowest BCUT2D eigenvalue weighted by atomic mass is 10.2. The van der Waals surface area contributed by atoms with Crippen molar-refractivity contribution < 1.29 is 4.79 Å². The number of halogens is 1. The van der Waals surface area contributed by atoms with E-state index in [2.05, 4.69) is 6.92 Å². The summed E-state index contributed by atoms with van der Waals surface area (Å²) in [5, 5.41) is 1.80. The van der Waals surface area contributed by atoms with Crippen LogP contribution in [0.5, 0.6) is 0 Å². The van der Waals surface area contributed by atoms with Crippen LogP contribution in [0.2, 0.25) is 4.34 Å². The van der Waals surface area contributed by atoms with Gasteiger partial charge in [0.25, 0.3) is 0 Å². The zero-order valence-corrected chi connectivity index (χ0v) is 10.5. The third kappa shape index (κ3) is 2.30. The van der Waals surface area contributed by atoms with Crippen LogP contribution >= 0.6 is 34.3 Å². The first-order chi connectivity index (χ1) is 7.20. The summed E-state index contributed by atoms with van der Waals surface area (Å²) in [5.41, 5.74) is 0.689. The first kappa shape index (κ1) is 10.9. The molecule has 0 saturated carbocycles. The Hall–Kier alpha value is -0.640. The standard InChI is InChI=1S/C11H9ClOS2/c1-2-8-3-4-9(15-8)11(13)7-5-10(12)14-6-7/h3-6H,2H2,1H3. The van der Waals surface area contributed by atoms with Crippen molar-refractivity contribution in [2.24, 2.45) is 0 Å². The molecule has 0 fully saturated rings. The number of aryl methyl sites for hydroxylation is 1. The lowest BCUT2D eigenvalue weighted by Crippen LogP contribution is -1.95. The summed E-state index contributed by atoms with van der Waals surface area (Å²) >= 11 is 8.74. The van der Waals surface area contributed by atoms with Crippen LogP contribution in [-0.4, -0.2) is 5.78 Å². The van der Waals surface area contributed by atoms with Crippen molar-refractivity contribution in [1.29, 1.82) is 0 Å². The van der Waals surface area contributed by atoms with Gasteiger partial charge in [0.15, 0.2) is 0 Å². The second-order valence-corrected chi connectivity index (χ2v) is 5.80. The molecule has 0 aromatic carbocycles. The minimum atomic E-state index is 0.0721. The summed E-state index contributed by atoms with van der Waals surface area (Å²) < 4.78 is 0.658. The summed E-state index contributed by atoms with van der Waals surface area (Å²) in [6.07, 6.45) is 0.975. The highest BCUT2D eigenvalue weighted by atomic mass is 35.5. The maximum atomic E-state index is 11.9. The Balaban J connectivity index is 2.28. The van der Waals surface area contributed by atoms with E-state index in [1.54, 1.807) is 22.8 Å². The van der Waals surface area contributed by atoms with Crippen molar-refractivity contribution in [2.75, 3.05) is 0 Å². The van der Waals surface area contributed by atoms with E-state index in [4.69, 9.17) is 11.6 Å². The second kappa shape index (κ2) is 4.47. The molecule has 2 aromatic heterocycles. The van der Waals surface area contributed by atoms with E-state index in [1.807, 2.05) is 12.1 Å². The third-order valence-electron chi connectivity index (χ3n) is 2.06. The zero-order chi connectivity index (χ0) is 10.8. The molecule has 0 atom stereocenters. The zero-order valence-electron chi connectivity index (χ0n) is 8.12. The van der Waals surface area contributed by atoms with Crippen molar-refractivity contribution in [2.45, 2.75) is 13.3 Å². The largest absolute Gasteiger partial charge is 0.288 e. The average molecular weight is 257 g/mol. The number of hydrogen-bond donors (Lipinski definition) is 0. The van der Waals surface area contributed by atoms with Gasteiger partial charge in [-0.2, -0.15) is 0 Å². The summed E-state index contributed by atoms with van der Waals surface area (Å²) in [7, 11) is 0. The molecule has 1 nitrogen and oxygen atoms in total. The number of hydrogen-bond acceptors (Lipinski definition) is 3. The highest BCUT2D eigenvalue weighted by Crippen LogP contribution is 2.25. The summed E-state index contributed by atoms with van der Waals surface area (Å²) in [5.74, 6) is 0.0721. The Kier molecular flexibility index (Phi) is 3.24. The fraction of sp³-hybridized carbons (Fsp3) is 0.182. The van der Waals surface area contributed by atoms with E-state index >= 15 is 0 Å². The molecule has 0 aliphatic carbocycles. The van der Waals surface area contributed by atoms with Crippen LogP contribution in [0.25, 0.3) is 0 Å². The van der Waals surface area contributed by atoms with Crippen LogP contribution in [0.15, 0.2) is 23.6 Å². The van der Waals surface area contributed by atoms with E-state index in [9.17, 15) is 4.79 Å². The van der Waals surface area contributed by atoms with Gasteiger partial charge in [-0.3, -0.25) is 4.79 Å². The monoisotopic (exact) mass is 256 g/mol. The Morgan fingerprint density at radius 1 is 1.47 bits per heavy atom. The van der Waals surface area contributed by atoms with Gasteiger partial charge in [-0.15, -0.1) is 22.7 Å². The fourth-order valence-electron chi connectivity index (χ4n) is 1.26. The summed E-state index contributed by atoms with van der Waals surface area (Å²) in [4.78, 5) is 14.0. The molecule has 0 amide bonds. The lowest BCUT2D eigenvalue weighted by molar-refractivity contribution is 0.104. The summed E-state index contributed by atoms with van der Waals surface area (Å²) in [6, 6.07) is 5.61. The van der Waals surface area contributed by atoms with Crippen molar-refractivity contribution in [1.82, 2.24) is 0 Å². The van der Waals surface area contributed by atoms with Crippen molar-refractivity contribution in [3.63, 3.8) is 0 Å². The Bertz CT molecular complexity index is 484. The molecule has 2 heterocycles. The molecule has 0 N–H and O–H groups in total. The molecule has 0 saturated heterocycles. The van der Waals surface area contributed by atoms with E-state index in [0.717, 1.165) is 11.3 Å². The van der Waals surface area contributed by atoms with Crippen LogP contribution in [0.3, 0.4) is 0 Å². The Morgan fingerprint density at radius 2 is 2.27 bits per heavy atom. The average Bonchev–Trinajstić information content (AvgIpc) is 2.84. The minimum Gasteiger partial charge on any atom is -0.288 e. The molecular formula is C11H9ClOS2. The predicted octanol–water partition coefficient (Wildman–Crippen LogP) is 4.26. The number of ketones is 1. The van der Waals surface area contributed by atoms with Gasteiger partial charge < -0.3 is 0 Å². The van der Waals surface area contributed by atoms with Crippen LogP contribution in [0.4, 0.5) is 0 Å². The summed E-state index contributed by atoms with van der Waals surface area (Å²) in [6.45, 7) is 2.08. The first-order valence-electron chi connectivity index (χ1n) is 4.58. The van der Waals surface area contributed by atoms with Crippen LogP contribution in [0.1, 0.15) is 27.0 Å². The van der Waals surface area contributed by atoms with Gasteiger partial charge in [-0.25, -0.2) is 0 Å². The maximum absolute atomic E-state index is 11.9. The molecule has 0 radical (unpaired) electrons. The van der Waals surface area contributed by atoms with Gasteiger partial charge in [0.2, 0.25) is 5.78 Å². The van der Waals surface area contributed by atoms with Gasteiger partial charge in [-0.1, -0.05) is 18.5 Å². The van der Waals surface area contributed by atoms with E-state index in [0.29, 0.717) is 9.90 Å². The second-order valence-electron chi connectivity index (χ2n) is 3.09. The van der Waals surface area contributed by atoms with Crippen LogP contribution < -0.4 is 0 Å².